The SMILES string of the molecule is NN(Cc1ccccc1)[C@@H](Cc1ccccc1)C(O)(c1ccccc1)c1ccccc1. The largest absolute Gasteiger partial charge is 0.379 e. The fourth-order valence-electron chi connectivity index (χ4n) is 4.18. The van der Waals surface area contributed by atoms with Gasteiger partial charge in [-0.05, 0) is 28.7 Å². The van der Waals surface area contributed by atoms with Crippen LogP contribution in [0.2, 0.25) is 0 Å². The molecule has 0 radical (unpaired) electrons. The summed E-state index contributed by atoms with van der Waals surface area (Å²) in [6.45, 7) is 0.528. The van der Waals surface area contributed by atoms with Crippen LogP contribution in [0.25, 0.3) is 0 Å². The molecule has 0 aliphatic carbocycles. The van der Waals surface area contributed by atoms with E-state index in [2.05, 4.69) is 24.3 Å². The Morgan fingerprint density at radius 3 is 1.45 bits per heavy atom. The fraction of sp³-hybridized carbons (Fsp3) is 0.143. The Morgan fingerprint density at radius 1 is 0.613 bits per heavy atom. The van der Waals surface area contributed by atoms with Crippen LogP contribution in [0.4, 0.5) is 0 Å². The minimum atomic E-state index is -1.29. The van der Waals surface area contributed by atoms with Gasteiger partial charge in [0.2, 0.25) is 0 Å². The van der Waals surface area contributed by atoms with Crippen molar-refractivity contribution >= 4 is 0 Å². The van der Waals surface area contributed by atoms with Crippen molar-refractivity contribution in [2.75, 3.05) is 0 Å². The summed E-state index contributed by atoms with van der Waals surface area (Å²) in [5.74, 6) is 6.73. The molecule has 31 heavy (non-hydrogen) atoms. The molecule has 4 aromatic rings. The van der Waals surface area contributed by atoms with Gasteiger partial charge in [0.15, 0.2) is 0 Å². The molecule has 3 nitrogen and oxygen atoms in total. The summed E-state index contributed by atoms with van der Waals surface area (Å²) in [4.78, 5) is 0. The van der Waals surface area contributed by atoms with Gasteiger partial charge in [-0.1, -0.05) is 121 Å². The fourth-order valence-corrected chi connectivity index (χ4v) is 4.18. The number of hydrogen-bond donors (Lipinski definition) is 2. The van der Waals surface area contributed by atoms with E-state index in [1.54, 1.807) is 5.01 Å². The Hall–Kier alpha value is -3.24. The summed E-state index contributed by atoms with van der Waals surface area (Å²) in [5, 5.41) is 14.2. The molecule has 0 aromatic heterocycles. The topological polar surface area (TPSA) is 49.5 Å². The van der Waals surface area contributed by atoms with E-state index in [4.69, 9.17) is 5.84 Å². The van der Waals surface area contributed by atoms with Gasteiger partial charge in [0, 0.05) is 6.54 Å². The minimum Gasteiger partial charge on any atom is -0.379 e. The van der Waals surface area contributed by atoms with Gasteiger partial charge in [-0.2, -0.15) is 0 Å². The van der Waals surface area contributed by atoms with Crippen LogP contribution in [0.3, 0.4) is 0 Å². The van der Waals surface area contributed by atoms with Gasteiger partial charge in [-0.25, -0.2) is 5.01 Å². The van der Waals surface area contributed by atoms with Crippen molar-refractivity contribution < 1.29 is 5.11 Å². The lowest BCUT2D eigenvalue weighted by Gasteiger charge is -2.42. The number of hydrogen-bond acceptors (Lipinski definition) is 3. The van der Waals surface area contributed by atoms with E-state index in [9.17, 15) is 5.11 Å². The van der Waals surface area contributed by atoms with E-state index < -0.39 is 5.60 Å². The monoisotopic (exact) mass is 408 g/mol. The van der Waals surface area contributed by atoms with E-state index in [0.717, 1.165) is 22.3 Å². The Bertz CT molecular complexity index is 1010. The van der Waals surface area contributed by atoms with Gasteiger partial charge in [0.1, 0.15) is 5.60 Å². The van der Waals surface area contributed by atoms with Gasteiger partial charge in [-0.15, -0.1) is 0 Å². The Morgan fingerprint density at radius 2 is 1.00 bits per heavy atom. The number of nitrogens with zero attached hydrogens (tertiary/aromatic N) is 1. The third kappa shape index (κ3) is 4.75. The smallest absolute Gasteiger partial charge is 0.132 e. The first-order valence-electron chi connectivity index (χ1n) is 10.6. The molecular weight excluding hydrogens is 380 g/mol. The van der Waals surface area contributed by atoms with Crippen LogP contribution in [0, 0.1) is 0 Å². The van der Waals surface area contributed by atoms with E-state index in [0.29, 0.717) is 13.0 Å². The van der Waals surface area contributed by atoms with E-state index in [1.807, 2.05) is 97.1 Å². The Balaban J connectivity index is 1.81. The van der Waals surface area contributed by atoms with Gasteiger partial charge < -0.3 is 5.11 Å². The highest BCUT2D eigenvalue weighted by atomic mass is 16.3. The second kappa shape index (κ2) is 9.71. The lowest BCUT2D eigenvalue weighted by atomic mass is 9.77. The number of benzene rings is 4. The van der Waals surface area contributed by atoms with Gasteiger partial charge in [0.25, 0.3) is 0 Å². The standard InChI is InChI=1S/C28H28N2O/c29-30(22-24-15-7-2-8-16-24)27(21-23-13-5-1-6-14-23)28(31,25-17-9-3-10-18-25)26-19-11-4-12-20-26/h1-20,27,31H,21-22,29H2/t27-/m0/s1. The van der Waals surface area contributed by atoms with Crippen LogP contribution in [0.15, 0.2) is 121 Å². The maximum Gasteiger partial charge on any atom is 0.132 e. The Kier molecular flexibility index (Phi) is 6.58. The number of nitrogens with two attached hydrogens (primary N) is 1. The van der Waals surface area contributed by atoms with Gasteiger partial charge in [-0.3, -0.25) is 5.84 Å². The van der Waals surface area contributed by atoms with Crippen molar-refractivity contribution in [3.63, 3.8) is 0 Å². The summed E-state index contributed by atoms with van der Waals surface area (Å²) in [7, 11) is 0. The molecule has 0 amide bonds. The minimum absolute atomic E-state index is 0.389. The molecule has 0 aliphatic rings. The molecule has 3 heteroatoms. The van der Waals surface area contributed by atoms with Crippen molar-refractivity contribution in [3.05, 3.63) is 144 Å². The summed E-state index contributed by atoms with van der Waals surface area (Å²) in [6.07, 6.45) is 0.602. The zero-order valence-corrected chi connectivity index (χ0v) is 17.5. The van der Waals surface area contributed by atoms with E-state index in [-0.39, 0.29) is 6.04 Å². The molecular formula is C28H28N2O. The highest BCUT2D eigenvalue weighted by molar-refractivity contribution is 5.39. The lowest BCUT2D eigenvalue weighted by Crippen LogP contribution is -2.55. The van der Waals surface area contributed by atoms with Crippen LogP contribution in [-0.4, -0.2) is 16.2 Å². The molecule has 0 unspecified atom stereocenters. The summed E-state index contributed by atoms with van der Waals surface area (Å²) in [6, 6.07) is 39.6. The third-order valence-electron chi connectivity index (χ3n) is 5.79. The second-order valence-corrected chi connectivity index (χ2v) is 7.86. The predicted molar refractivity (Wildman–Crippen MR) is 126 cm³/mol. The normalized spacial score (nSPS) is 12.6. The molecule has 0 saturated heterocycles. The highest BCUT2D eigenvalue weighted by Gasteiger charge is 2.42. The number of hydrazine groups is 1. The average molecular weight is 409 g/mol. The maximum absolute atomic E-state index is 12.4. The van der Waals surface area contributed by atoms with Crippen molar-refractivity contribution in [1.29, 1.82) is 0 Å². The molecule has 0 spiro atoms. The summed E-state index contributed by atoms with van der Waals surface area (Å²) >= 11 is 0. The quantitative estimate of drug-likeness (QED) is 0.322. The molecule has 156 valence electrons. The van der Waals surface area contributed by atoms with Crippen molar-refractivity contribution in [1.82, 2.24) is 5.01 Å². The maximum atomic E-state index is 12.4. The third-order valence-corrected chi connectivity index (χ3v) is 5.79. The van der Waals surface area contributed by atoms with Crippen LogP contribution < -0.4 is 5.84 Å². The summed E-state index contributed by atoms with van der Waals surface area (Å²) < 4.78 is 0. The van der Waals surface area contributed by atoms with Crippen LogP contribution in [-0.2, 0) is 18.6 Å². The molecule has 3 N–H and O–H groups in total. The molecule has 4 rings (SSSR count). The van der Waals surface area contributed by atoms with Gasteiger partial charge in [0.05, 0.1) is 6.04 Å². The van der Waals surface area contributed by atoms with Crippen molar-refractivity contribution in [2.24, 2.45) is 5.84 Å². The molecule has 0 heterocycles. The molecule has 0 aliphatic heterocycles. The molecule has 0 bridgehead atoms. The van der Waals surface area contributed by atoms with E-state index >= 15 is 0 Å². The first-order chi connectivity index (χ1) is 15.2. The van der Waals surface area contributed by atoms with Crippen molar-refractivity contribution in [3.8, 4) is 0 Å². The predicted octanol–water partition coefficient (Wildman–Crippen LogP) is 4.91. The van der Waals surface area contributed by atoms with Crippen LogP contribution in [0.5, 0.6) is 0 Å². The van der Waals surface area contributed by atoms with Crippen LogP contribution in [0.1, 0.15) is 22.3 Å². The molecule has 0 saturated carbocycles. The zero-order chi connectivity index (χ0) is 21.5. The van der Waals surface area contributed by atoms with Crippen molar-refractivity contribution in [2.45, 2.75) is 24.6 Å². The zero-order valence-electron chi connectivity index (χ0n) is 17.5. The highest BCUT2D eigenvalue weighted by Crippen LogP contribution is 2.37. The lowest BCUT2D eigenvalue weighted by molar-refractivity contribution is -0.0256. The first-order valence-corrected chi connectivity index (χ1v) is 10.6. The summed E-state index contributed by atoms with van der Waals surface area (Å²) in [5.41, 5.74) is 2.59. The molecule has 4 aromatic carbocycles. The molecule has 0 fully saturated rings. The van der Waals surface area contributed by atoms with Gasteiger partial charge >= 0.3 is 0 Å². The molecule has 1 atom stereocenters. The average Bonchev–Trinajstić information content (AvgIpc) is 2.84. The number of aliphatic hydroxyl groups is 1. The van der Waals surface area contributed by atoms with Crippen LogP contribution >= 0.6 is 0 Å². The Labute approximate surface area is 184 Å². The first kappa shape index (κ1) is 21.0. The number of rotatable bonds is 8. The second-order valence-electron chi connectivity index (χ2n) is 7.86. The van der Waals surface area contributed by atoms with E-state index in [1.165, 1.54) is 0 Å².